The number of para-hydroxylation sites is 2. The zero-order valence-electron chi connectivity index (χ0n) is 33.0. The van der Waals surface area contributed by atoms with Crippen LogP contribution in [0.15, 0.2) is 205 Å². The molecule has 0 radical (unpaired) electrons. The molecule has 0 N–H and O–H groups in total. The van der Waals surface area contributed by atoms with Gasteiger partial charge in [0.1, 0.15) is 11.2 Å². The molecule has 10 rings (SSSR count). The van der Waals surface area contributed by atoms with Crippen molar-refractivity contribution in [2.45, 2.75) is 26.7 Å². The van der Waals surface area contributed by atoms with Gasteiger partial charge < -0.3 is 9.32 Å². The van der Waals surface area contributed by atoms with E-state index >= 15 is 0 Å². The van der Waals surface area contributed by atoms with E-state index in [1.54, 1.807) is 0 Å². The molecule has 0 bridgehead atoms. The molecule has 2 heteroatoms. The summed E-state index contributed by atoms with van der Waals surface area (Å²) in [4.78, 5) is 2.35. The van der Waals surface area contributed by atoms with Gasteiger partial charge in [-0.1, -0.05) is 172 Å². The number of nitrogens with zero attached hydrogens (tertiary/aromatic N) is 1. The summed E-state index contributed by atoms with van der Waals surface area (Å²) >= 11 is 0. The molecule has 2 nitrogen and oxygen atoms in total. The zero-order valence-corrected chi connectivity index (χ0v) is 33.0. The van der Waals surface area contributed by atoms with Crippen LogP contribution >= 0.6 is 0 Å². The minimum absolute atomic E-state index is 0.405. The van der Waals surface area contributed by atoms with E-state index in [1.165, 1.54) is 44.5 Å². The van der Waals surface area contributed by atoms with Crippen LogP contribution in [-0.4, -0.2) is 0 Å². The second kappa shape index (κ2) is 15.2. The summed E-state index contributed by atoms with van der Waals surface area (Å²) in [5, 5.41) is 2.28. The van der Waals surface area contributed by atoms with Gasteiger partial charge in [-0.05, 0) is 117 Å². The number of allylic oxidation sites excluding steroid dienone is 8. The lowest BCUT2D eigenvalue weighted by Crippen LogP contribution is -2.10. The molecule has 2 atom stereocenters. The molecule has 0 spiro atoms. The fourth-order valence-electron chi connectivity index (χ4n) is 8.91. The number of furan rings is 1. The Morgan fingerprint density at radius 3 is 1.67 bits per heavy atom. The third-order valence-corrected chi connectivity index (χ3v) is 12.1. The van der Waals surface area contributed by atoms with Crippen molar-refractivity contribution in [1.82, 2.24) is 0 Å². The van der Waals surface area contributed by atoms with Crippen LogP contribution in [0, 0.1) is 11.8 Å². The third-order valence-electron chi connectivity index (χ3n) is 12.1. The zero-order chi connectivity index (χ0) is 39.0. The van der Waals surface area contributed by atoms with E-state index in [2.05, 4.69) is 207 Å². The van der Waals surface area contributed by atoms with Crippen molar-refractivity contribution < 1.29 is 4.42 Å². The van der Waals surface area contributed by atoms with Crippen molar-refractivity contribution in [3.8, 4) is 22.3 Å². The largest absolute Gasteiger partial charge is 0.455 e. The van der Waals surface area contributed by atoms with Gasteiger partial charge in [0.2, 0.25) is 0 Å². The normalized spacial score (nSPS) is 16.6. The number of benzene rings is 7. The maximum Gasteiger partial charge on any atom is 0.143 e. The molecule has 8 aromatic rings. The topological polar surface area (TPSA) is 16.4 Å². The SMILES string of the molecule is CC1CC=CC=C1c1ccc(C2=CC=C(c3ccc(N(c4ccc(-c5ccccc5)cc4)c4ccc(-c5cccc6c5oc5ccccc56)cc4)cc3)C(C)C2)cc1. The highest BCUT2D eigenvalue weighted by Crippen LogP contribution is 2.42. The highest BCUT2D eigenvalue weighted by Gasteiger charge is 2.20. The van der Waals surface area contributed by atoms with E-state index in [9.17, 15) is 0 Å². The Hall–Kier alpha value is -6.90. The molecular formula is C56H45NO. The summed E-state index contributed by atoms with van der Waals surface area (Å²) in [6.45, 7) is 4.67. The fraction of sp³-hybridized carbons (Fsp3) is 0.107. The summed E-state index contributed by atoms with van der Waals surface area (Å²) in [5.41, 5.74) is 17.9. The molecular weight excluding hydrogens is 703 g/mol. The van der Waals surface area contributed by atoms with Crippen LogP contribution in [0.2, 0.25) is 0 Å². The van der Waals surface area contributed by atoms with Crippen LogP contribution in [-0.2, 0) is 0 Å². The van der Waals surface area contributed by atoms with E-state index in [-0.39, 0.29) is 0 Å². The first-order valence-corrected chi connectivity index (χ1v) is 20.5. The van der Waals surface area contributed by atoms with Crippen LogP contribution in [0.25, 0.3) is 60.9 Å². The molecule has 0 saturated carbocycles. The van der Waals surface area contributed by atoms with Crippen LogP contribution in [0.5, 0.6) is 0 Å². The van der Waals surface area contributed by atoms with E-state index in [1.807, 2.05) is 12.1 Å². The standard InChI is InChI=1S/C56H45NO/c1-38-11-6-7-14-50(38)43-21-19-42(20-22-43)46-29-36-51(39(2)37-46)44-25-32-48(33-26-44)57(47-30-23-41(24-31-47)40-12-4-3-5-13-40)49-34-27-45(28-35-49)52-16-10-17-54-53-15-8-9-18-55(53)58-56(52)54/h3-10,12-36,38-39H,11,37H2,1-2H3. The molecule has 2 unspecified atom stereocenters. The van der Waals surface area contributed by atoms with Gasteiger partial charge in [0.05, 0.1) is 0 Å². The van der Waals surface area contributed by atoms with Gasteiger partial charge in [-0.15, -0.1) is 0 Å². The number of hydrogen-bond acceptors (Lipinski definition) is 2. The molecule has 0 amide bonds. The quantitative estimate of drug-likeness (QED) is 0.154. The highest BCUT2D eigenvalue weighted by atomic mass is 16.3. The third kappa shape index (κ3) is 6.71. The first-order valence-electron chi connectivity index (χ1n) is 20.5. The average molecular weight is 748 g/mol. The average Bonchev–Trinajstić information content (AvgIpc) is 3.67. The first-order chi connectivity index (χ1) is 28.6. The molecule has 2 aliphatic rings. The van der Waals surface area contributed by atoms with Gasteiger partial charge in [-0.3, -0.25) is 0 Å². The Morgan fingerprint density at radius 2 is 1.00 bits per heavy atom. The van der Waals surface area contributed by atoms with Gasteiger partial charge in [0.15, 0.2) is 0 Å². The van der Waals surface area contributed by atoms with Crippen molar-refractivity contribution in [3.63, 3.8) is 0 Å². The number of rotatable bonds is 8. The lowest BCUT2D eigenvalue weighted by atomic mass is 9.82. The smallest absolute Gasteiger partial charge is 0.143 e. The lowest BCUT2D eigenvalue weighted by Gasteiger charge is -2.27. The highest BCUT2D eigenvalue weighted by molar-refractivity contribution is 6.09. The van der Waals surface area contributed by atoms with Crippen LogP contribution < -0.4 is 4.90 Å². The maximum atomic E-state index is 6.41. The molecule has 7 aromatic carbocycles. The Kier molecular flexibility index (Phi) is 9.31. The van der Waals surface area contributed by atoms with Gasteiger partial charge in [-0.25, -0.2) is 0 Å². The molecule has 0 aliphatic heterocycles. The van der Waals surface area contributed by atoms with E-state index in [4.69, 9.17) is 4.42 Å². The number of hydrogen-bond donors (Lipinski definition) is 0. The lowest BCUT2D eigenvalue weighted by molar-refractivity contribution is 0.670. The number of fused-ring (bicyclic) bond motifs is 3. The first kappa shape index (κ1) is 35.5. The minimum Gasteiger partial charge on any atom is -0.455 e. The molecule has 1 aromatic heterocycles. The van der Waals surface area contributed by atoms with Crippen LogP contribution in [0.4, 0.5) is 17.1 Å². The second-order valence-corrected chi connectivity index (χ2v) is 15.8. The summed E-state index contributed by atoms with van der Waals surface area (Å²) < 4.78 is 6.41. The monoisotopic (exact) mass is 747 g/mol. The maximum absolute atomic E-state index is 6.41. The van der Waals surface area contributed by atoms with Gasteiger partial charge in [0, 0.05) is 33.4 Å². The fourth-order valence-corrected chi connectivity index (χ4v) is 8.91. The summed E-state index contributed by atoms with van der Waals surface area (Å²) in [6.07, 6.45) is 13.5. The van der Waals surface area contributed by atoms with Crippen LogP contribution in [0.3, 0.4) is 0 Å². The van der Waals surface area contributed by atoms with Crippen molar-refractivity contribution >= 4 is 55.7 Å². The summed E-state index contributed by atoms with van der Waals surface area (Å²) in [7, 11) is 0. The van der Waals surface area contributed by atoms with Crippen molar-refractivity contribution in [2.75, 3.05) is 4.90 Å². The Balaban J connectivity index is 0.960. The van der Waals surface area contributed by atoms with E-state index in [0.717, 1.165) is 63.0 Å². The molecule has 58 heavy (non-hydrogen) atoms. The van der Waals surface area contributed by atoms with Crippen LogP contribution in [0.1, 0.15) is 43.4 Å². The van der Waals surface area contributed by atoms with Crippen molar-refractivity contribution in [3.05, 3.63) is 217 Å². The van der Waals surface area contributed by atoms with Gasteiger partial charge in [0.25, 0.3) is 0 Å². The molecule has 0 fully saturated rings. The molecule has 2 aliphatic carbocycles. The molecule has 0 saturated heterocycles. The predicted molar refractivity (Wildman–Crippen MR) is 246 cm³/mol. The Bertz CT molecular complexity index is 2870. The Morgan fingerprint density at radius 1 is 0.448 bits per heavy atom. The van der Waals surface area contributed by atoms with Gasteiger partial charge in [-0.2, -0.15) is 0 Å². The summed E-state index contributed by atoms with van der Waals surface area (Å²) in [5.74, 6) is 0.965. The second-order valence-electron chi connectivity index (χ2n) is 15.8. The van der Waals surface area contributed by atoms with Crippen molar-refractivity contribution in [1.29, 1.82) is 0 Å². The molecule has 280 valence electrons. The predicted octanol–water partition coefficient (Wildman–Crippen LogP) is 15.9. The number of anilines is 3. The van der Waals surface area contributed by atoms with Crippen molar-refractivity contribution in [2.24, 2.45) is 11.8 Å². The minimum atomic E-state index is 0.405. The van der Waals surface area contributed by atoms with Gasteiger partial charge >= 0.3 is 0 Å². The Labute approximate surface area is 341 Å². The summed E-state index contributed by atoms with van der Waals surface area (Å²) in [6, 6.07) is 61.4. The van der Waals surface area contributed by atoms with E-state index in [0.29, 0.717) is 11.8 Å². The van der Waals surface area contributed by atoms with E-state index < -0.39 is 0 Å². The molecule has 1 heterocycles.